The van der Waals surface area contributed by atoms with Crippen LogP contribution < -0.4 is 4.90 Å². The van der Waals surface area contributed by atoms with Crippen molar-refractivity contribution in [3.8, 4) is 12.3 Å². The molecular formula is C10H11NO. The van der Waals surface area contributed by atoms with Crippen molar-refractivity contribution in [2.45, 2.75) is 0 Å². The van der Waals surface area contributed by atoms with Gasteiger partial charge in [-0.05, 0) is 24.3 Å². The molecule has 1 aromatic carbocycles. The molecule has 0 bridgehead atoms. The van der Waals surface area contributed by atoms with Gasteiger partial charge >= 0.3 is 0 Å². The zero-order valence-electron chi connectivity index (χ0n) is 6.99. The van der Waals surface area contributed by atoms with E-state index in [1.165, 1.54) is 0 Å². The molecule has 12 heavy (non-hydrogen) atoms. The van der Waals surface area contributed by atoms with E-state index in [1.807, 2.05) is 31.3 Å². The lowest BCUT2D eigenvalue weighted by Gasteiger charge is -2.15. The fourth-order valence-corrected chi connectivity index (χ4v) is 0.894. The third kappa shape index (κ3) is 1.77. The first-order valence-corrected chi connectivity index (χ1v) is 3.66. The van der Waals surface area contributed by atoms with Crippen LogP contribution >= 0.6 is 0 Å². The fraction of sp³-hybridized carbons (Fsp3) is 0.200. The summed E-state index contributed by atoms with van der Waals surface area (Å²) in [6.07, 6.45) is 5.20. The number of benzene rings is 1. The lowest BCUT2D eigenvalue weighted by atomic mass is 10.2. The van der Waals surface area contributed by atoms with Crippen LogP contribution in [0.25, 0.3) is 0 Å². The van der Waals surface area contributed by atoms with Gasteiger partial charge in [-0.3, -0.25) is 0 Å². The van der Waals surface area contributed by atoms with Gasteiger partial charge in [0.2, 0.25) is 0 Å². The van der Waals surface area contributed by atoms with Gasteiger partial charge in [-0.15, -0.1) is 6.42 Å². The zero-order valence-corrected chi connectivity index (χ0v) is 6.99. The highest BCUT2D eigenvalue weighted by atomic mass is 16.3. The summed E-state index contributed by atoms with van der Waals surface area (Å²) >= 11 is 0. The molecule has 0 atom stereocenters. The monoisotopic (exact) mass is 161 g/mol. The molecule has 1 N–H and O–H groups in total. The molecule has 0 spiro atoms. The molecule has 0 amide bonds. The predicted octanol–water partition coefficient (Wildman–Crippen LogP) is 1.05. The van der Waals surface area contributed by atoms with Gasteiger partial charge in [0.05, 0.1) is 0 Å². The molecule has 0 saturated heterocycles. The van der Waals surface area contributed by atoms with Gasteiger partial charge in [-0.1, -0.05) is 5.92 Å². The van der Waals surface area contributed by atoms with E-state index in [1.54, 1.807) is 4.90 Å². The minimum atomic E-state index is 0.00933. The highest BCUT2D eigenvalue weighted by Gasteiger charge is 1.96. The molecule has 1 rings (SSSR count). The van der Waals surface area contributed by atoms with Crippen molar-refractivity contribution in [2.24, 2.45) is 0 Å². The Kier molecular flexibility index (Phi) is 2.73. The fourth-order valence-electron chi connectivity index (χ4n) is 0.894. The maximum atomic E-state index is 8.80. The topological polar surface area (TPSA) is 23.5 Å². The summed E-state index contributed by atoms with van der Waals surface area (Å²) in [6, 6.07) is 7.46. The molecular weight excluding hydrogens is 150 g/mol. The first-order valence-electron chi connectivity index (χ1n) is 3.66. The molecule has 0 radical (unpaired) electrons. The standard InChI is InChI=1S/C10H11NO/c1-3-9-4-6-10(7-5-9)11(2)8-12/h1,4-7,12H,8H2,2H3. The molecule has 0 aliphatic rings. The van der Waals surface area contributed by atoms with Gasteiger partial charge < -0.3 is 10.0 Å². The normalized spacial score (nSPS) is 9.08. The van der Waals surface area contributed by atoms with Gasteiger partial charge in [0.1, 0.15) is 6.73 Å². The summed E-state index contributed by atoms with van der Waals surface area (Å²) in [5.74, 6) is 2.53. The van der Waals surface area contributed by atoms with Gasteiger partial charge in [-0.2, -0.15) is 0 Å². The second-order valence-corrected chi connectivity index (χ2v) is 2.53. The van der Waals surface area contributed by atoms with Crippen molar-refractivity contribution in [2.75, 3.05) is 18.7 Å². The molecule has 0 aliphatic carbocycles. The molecule has 0 saturated carbocycles. The average Bonchev–Trinajstić information content (AvgIpc) is 2.17. The number of nitrogens with zero attached hydrogens (tertiary/aromatic N) is 1. The predicted molar refractivity (Wildman–Crippen MR) is 49.9 cm³/mol. The maximum Gasteiger partial charge on any atom is 0.115 e. The Labute approximate surface area is 72.4 Å². The minimum absolute atomic E-state index is 0.00933. The Morgan fingerprint density at radius 1 is 1.42 bits per heavy atom. The van der Waals surface area contributed by atoms with E-state index in [2.05, 4.69) is 5.92 Å². The largest absolute Gasteiger partial charge is 0.376 e. The van der Waals surface area contributed by atoms with Crippen molar-refractivity contribution in [3.05, 3.63) is 29.8 Å². The van der Waals surface area contributed by atoms with E-state index in [-0.39, 0.29) is 6.73 Å². The summed E-state index contributed by atoms with van der Waals surface area (Å²) < 4.78 is 0. The number of aliphatic hydroxyl groups is 1. The van der Waals surface area contributed by atoms with Crippen molar-refractivity contribution < 1.29 is 5.11 Å². The number of hydrogen-bond acceptors (Lipinski definition) is 2. The summed E-state index contributed by atoms with van der Waals surface area (Å²) in [5.41, 5.74) is 1.81. The van der Waals surface area contributed by atoms with Crippen molar-refractivity contribution in [3.63, 3.8) is 0 Å². The van der Waals surface area contributed by atoms with Gasteiger partial charge in [0.15, 0.2) is 0 Å². The lowest BCUT2D eigenvalue weighted by Crippen LogP contribution is -2.17. The van der Waals surface area contributed by atoms with Crippen LogP contribution in [0.1, 0.15) is 5.56 Å². The van der Waals surface area contributed by atoms with E-state index >= 15 is 0 Å². The van der Waals surface area contributed by atoms with E-state index in [0.717, 1.165) is 11.3 Å². The SMILES string of the molecule is C#Cc1ccc(N(C)CO)cc1. The van der Waals surface area contributed by atoms with E-state index < -0.39 is 0 Å². The van der Waals surface area contributed by atoms with Crippen LogP contribution in [0.3, 0.4) is 0 Å². The van der Waals surface area contributed by atoms with Crippen LogP contribution in [0.5, 0.6) is 0 Å². The van der Waals surface area contributed by atoms with Gasteiger partial charge in [0.25, 0.3) is 0 Å². The molecule has 2 nitrogen and oxygen atoms in total. The Balaban J connectivity index is 2.86. The third-order valence-electron chi connectivity index (χ3n) is 1.69. The minimum Gasteiger partial charge on any atom is -0.376 e. The summed E-state index contributed by atoms with van der Waals surface area (Å²) in [7, 11) is 1.81. The van der Waals surface area contributed by atoms with Crippen LogP contribution in [0, 0.1) is 12.3 Å². The van der Waals surface area contributed by atoms with Crippen molar-refractivity contribution >= 4 is 5.69 Å². The number of aliphatic hydroxyl groups excluding tert-OH is 1. The molecule has 0 aromatic heterocycles. The van der Waals surface area contributed by atoms with Crippen LogP contribution in [0.2, 0.25) is 0 Å². The zero-order chi connectivity index (χ0) is 8.97. The van der Waals surface area contributed by atoms with E-state index in [0.29, 0.717) is 0 Å². The molecule has 0 fully saturated rings. The van der Waals surface area contributed by atoms with Crippen LogP contribution in [0.15, 0.2) is 24.3 Å². The molecule has 0 unspecified atom stereocenters. The Morgan fingerprint density at radius 2 is 2.00 bits per heavy atom. The Bertz CT molecular complexity index is 284. The summed E-state index contributed by atoms with van der Waals surface area (Å²) in [6.45, 7) is 0.00933. The molecule has 62 valence electrons. The number of terminal acetylenes is 1. The first-order chi connectivity index (χ1) is 5.77. The third-order valence-corrected chi connectivity index (χ3v) is 1.69. The van der Waals surface area contributed by atoms with Gasteiger partial charge in [-0.25, -0.2) is 0 Å². The smallest absolute Gasteiger partial charge is 0.115 e. The average molecular weight is 161 g/mol. The van der Waals surface area contributed by atoms with Crippen LogP contribution in [-0.4, -0.2) is 18.9 Å². The first kappa shape index (κ1) is 8.63. The Hall–Kier alpha value is -1.46. The molecule has 0 aliphatic heterocycles. The summed E-state index contributed by atoms with van der Waals surface area (Å²) in [5, 5.41) is 8.80. The number of rotatable bonds is 2. The molecule has 1 aromatic rings. The molecule has 2 heteroatoms. The number of anilines is 1. The highest BCUT2D eigenvalue weighted by molar-refractivity contribution is 5.49. The van der Waals surface area contributed by atoms with Crippen molar-refractivity contribution in [1.29, 1.82) is 0 Å². The number of hydrogen-bond donors (Lipinski definition) is 1. The highest BCUT2D eigenvalue weighted by Crippen LogP contribution is 2.11. The second kappa shape index (κ2) is 3.80. The maximum absolute atomic E-state index is 8.80. The van der Waals surface area contributed by atoms with Crippen LogP contribution in [0.4, 0.5) is 5.69 Å². The van der Waals surface area contributed by atoms with E-state index in [4.69, 9.17) is 11.5 Å². The van der Waals surface area contributed by atoms with Crippen LogP contribution in [-0.2, 0) is 0 Å². The second-order valence-electron chi connectivity index (χ2n) is 2.53. The quantitative estimate of drug-likeness (QED) is 0.517. The summed E-state index contributed by atoms with van der Waals surface area (Å²) in [4.78, 5) is 1.72. The van der Waals surface area contributed by atoms with Crippen molar-refractivity contribution in [1.82, 2.24) is 0 Å². The lowest BCUT2D eigenvalue weighted by molar-refractivity contribution is 0.298. The van der Waals surface area contributed by atoms with Gasteiger partial charge in [0, 0.05) is 18.3 Å². The molecule has 0 heterocycles. The Morgan fingerprint density at radius 3 is 2.42 bits per heavy atom. The van der Waals surface area contributed by atoms with E-state index in [9.17, 15) is 0 Å².